The van der Waals surface area contributed by atoms with Crippen molar-refractivity contribution in [1.82, 2.24) is 14.5 Å². The summed E-state index contributed by atoms with van der Waals surface area (Å²) in [5, 5.41) is 0.691. The zero-order chi connectivity index (χ0) is 22.3. The zero-order valence-corrected chi connectivity index (χ0v) is 20.3. The number of rotatable bonds is 10. The molecule has 4 aromatic rings. The average Bonchev–Trinajstić information content (AvgIpc) is 3.45. The van der Waals surface area contributed by atoms with E-state index in [-0.39, 0.29) is 24.9 Å². The van der Waals surface area contributed by atoms with Crippen LogP contribution in [0.15, 0.2) is 61.2 Å². The molecule has 0 atom stereocenters. The minimum Gasteiger partial charge on any atom is -0.494 e. The molecule has 0 radical (unpaired) electrons. The highest BCUT2D eigenvalue weighted by Crippen LogP contribution is 2.30. The molecule has 0 aliphatic rings. The van der Waals surface area contributed by atoms with Crippen LogP contribution in [0.4, 0.5) is 5.13 Å². The Labute approximate surface area is 203 Å². The molecule has 0 aliphatic heterocycles. The summed E-state index contributed by atoms with van der Waals surface area (Å²) in [6, 6.07) is 13.4. The van der Waals surface area contributed by atoms with E-state index in [4.69, 9.17) is 14.5 Å². The van der Waals surface area contributed by atoms with E-state index in [0.717, 1.165) is 28.9 Å². The number of fused-ring (bicyclic) bond motifs is 1. The number of hydrogen-bond acceptors (Lipinski definition) is 6. The Kier molecular flexibility index (Phi) is 8.68. The Morgan fingerprint density at radius 1 is 1.12 bits per heavy atom. The Morgan fingerprint density at radius 3 is 2.58 bits per heavy atom. The number of carbonyl (C=O) groups excluding carboxylic acids is 1. The lowest BCUT2D eigenvalue weighted by molar-refractivity contribution is -0.120. The first-order valence-electron chi connectivity index (χ1n) is 10.6. The van der Waals surface area contributed by atoms with Crippen LogP contribution < -0.4 is 14.4 Å². The van der Waals surface area contributed by atoms with Gasteiger partial charge in [0.25, 0.3) is 5.91 Å². The standard InChI is InChI=1S/C24H26N4O3S.ClH/c1-3-30-19-6-8-20(9-7-19)31-16-23(29)28(13-4-12-27-14-11-25-17-27)24-26-21-10-5-18(2)15-22(21)32-24;/h5-11,14-15,17H,3-4,12-13,16H2,1-2H3;1H. The molecule has 0 fully saturated rings. The van der Waals surface area contributed by atoms with Crippen molar-refractivity contribution in [3.63, 3.8) is 0 Å². The molecule has 0 spiro atoms. The molecular weight excluding hydrogens is 460 g/mol. The number of carbonyl (C=O) groups is 1. The number of ether oxygens (including phenoxy) is 2. The molecule has 1 amide bonds. The summed E-state index contributed by atoms with van der Waals surface area (Å²) < 4.78 is 14.3. The van der Waals surface area contributed by atoms with Crippen molar-refractivity contribution >= 4 is 45.0 Å². The van der Waals surface area contributed by atoms with E-state index in [0.29, 0.717) is 24.0 Å². The monoisotopic (exact) mass is 486 g/mol. The fourth-order valence-corrected chi connectivity index (χ4v) is 4.42. The largest absolute Gasteiger partial charge is 0.494 e. The van der Waals surface area contributed by atoms with Gasteiger partial charge in [-0.05, 0) is 62.2 Å². The van der Waals surface area contributed by atoms with Crippen molar-refractivity contribution in [2.24, 2.45) is 0 Å². The van der Waals surface area contributed by atoms with Gasteiger partial charge in [-0.2, -0.15) is 0 Å². The molecule has 0 saturated carbocycles. The van der Waals surface area contributed by atoms with Crippen molar-refractivity contribution < 1.29 is 14.3 Å². The third-order valence-electron chi connectivity index (χ3n) is 4.92. The number of thiazole rings is 1. The second kappa shape index (κ2) is 11.7. The van der Waals surface area contributed by atoms with Crippen LogP contribution in [0.3, 0.4) is 0 Å². The Hall–Kier alpha value is -3.10. The summed E-state index contributed by atoms with van der Waals surface area (Å²) in [4.78, 5) is 23.7. The minimum absolute atomic E-state index is 0. The quantitative estimate of drug-likeness (QED) is 0.311. The molecule has 0 unspecified atom stereocenters. The van der Waals surface area contributed by atoms with Crippen LogP contribution in [0.1, 0.15) is 18.9 Å². The van der Waals surface area contributed by atoms with E-state index >= 15 is 0 Å². The van der Waals surface area contributed by atoms with Gasteiger partial charge >= 0.3 is 0 Å². The molecule has 2 aromatic heterocycles. The minimum atomic E-state index is -0.125. The number of benzene rings is 2. The molecule has 7 nitrogen and oxygen atoms in total. The molecule has 4 rings (SSSR count). The van der Waals surface area contributed by atoms with E-state index in [2.05, 4.69) is 18.0 Å². The average molecular weight is 487 g/mol. The lowest BCUT2D eigenvalue weighted by atomic mass is 10.2. The summed E-state index contributed by atoms with van der Waals surface area (Å²) in [5.74, 6) is 1.28. The van der Waals surface area contributed by atoms with Crippen LogP contribution in [0.2, 0.25) is 0 Å². The second-order valence-electron chi connectivity index (χ2n) is 7.36. The van der Waals surface area contributed by atoms with Gasteiger partial charge < -0.3 is 14.0 Å². The van der Waals surface area contributed by atoms with Crippen LogP contribution in [0.25, 0.3) is 10.2 Å². The number of hydrogen-bond donors (Lipinski definition) is 0. The molecule has 0 N–H and O–H groups in total. The second-order valence-corrected chi connectivity index (χ2v) is 8.37. The number of amides is 1. The Balaban J connectivity index is 0.00000306. The summed E-state index contributed by atoms with van der Waals surface area (Å²) in [6.07, 6.45) is 6.23. The smallest absolute Gasteiger partial charge is 0.266 e. The molecule has 2 heterocycles. The highest BCUT2D eigenvalue weighted by Gasteiger charge is 2.20. The van der Waals surface area contributed by atoms with Gasteiger partial charge in [0.15, 0.2) is 11.7 Å². The summed E-state index contributed by atoms with van der Waals surface area (Å²) in [5.41, 5.74) is 2.07. The molecule has 0 aliphatic carbocycles. The van der Waals surface area contributed by atoms with Crippen LogP contribution in [-0.4, -0.2) is 40.2 Å². The molecule has 9 heteroatoms. The van der Waals surface area contributed by atoms with E-state index in [1.165, 1.54) is 16.9 Å². The number of imidazole rings is 1. The SMILES string of the molecule is CCOc1ccc(OCC(=O)N(CCCn2ccnc2)c2nc3ccc(C)cc3s2)cc1.Cl. The summed E-state index contributed by atoms with van der Waals surface area (Å²) in [7, 11) is 0. The van der Waals surface area contributed by atoms with E-state index < -0.39 is 0 Å². The van der Waals surface area contributed by atoms with Gasteiger partial charge in [-0.3, -0.25) is 9.69 Å². The number of anilines is 1. The normalized spacial score (nSPS) is 10.6. The lowest BCUT2D eigenvalue weighted by Gasteiger charge is -2.20. The Bertz CT molecular complexity index is 1160. The topological polar surface area (TPSA) is 69.5 Å². The van der Waals surface area contributed by atoms with Crippen molar-refractivity contribution in [1.29, 1.82) is 0 Å². The maximum atomic E-state index is 13.1. The summed E-state index contributed by atoms with van der Waals surface area (Å²) in [6.45, 7) is 5.85. The van der Waals surface area contributed by atoms with Gasteiger partial charge in [-0.25, -0.2) is 9.97 Å². The molecule has 33 heavy (non-hydrogen) atoms. The maximum Gasteiger partial charge on any atom is 0.266 e. The first kappa shape index (κ1) is 24.5. The lowest BCUT2D eigenvalue weighted by Crippen LogP contribution is -2.36. The molecule has 0 bridgehead atoms. The van der Waals surface area contributed by atoms with Crippen molar-refractivity contribution in [2.45, 2.75) is 26.8 Å². The summed E-state index contributed by atoms with van der Waals surface area (Å²) >= 11 is 1.53. The van der Waals surface area contributed by atoms with E-state index in [1.807, 2.05) is 54.1 Å². The fraction of sp³-hybridized carbons (Fsp3) is 0.292. The third-order valence-corrected chi connectivity index (χ3v) is 5.96. The van der Waals surface area contributed by atoms with Gasteiger partial charge in [0.1, 0.15) is 11.5 Å². The van der Waals surface area contributed by atoms with Crippen LogP contribution in [0, 0.1) is 6.92 Å². The van der Waals surface area contributed by atoms with E-state index in [1.54, 1.807) is 17.4 Å². The first-order valence-corrected chi connectivity index (χ1v) is 11.4. The predicted octanol–water partition coefficient (Wildman–Crippen LogP) is 5.12. The molecular formula is C24H27ClN4O3S. The highest BCUT2D eigenvalue weighted by molar-refractivity contribution is 7.22. The number of nitrogens with zero attached hydrogens (tertiary/aromatic N) is 4. The Morgan fingerprint density at radius 2 is 1.88 bits per heavy atom. The van der Waals surface area contributed by atoms with Gasteiger partial charge in [0.2, 0.25) is 0 Å². The van der Waals surface area contributed by atoms with E-state index in [9.17, 15) is 4.79 Å². The van der Waals surface area contributed by atoms with Crippen molar-refractivity contribution in [2.75, 3.05) is 24.7 Å². The molecule has 174 valence electrons. The highest BCUT2D eigenvalue weighted by atomic mass is 35.5. The van der Waals surface area contributed by atoms with Gasteiger partial charge in [-0.1, -0.05) is 17.4 Å². The van der Waals surface area contributed by atoms with Gasteiger partial charge in [-0.15, -0.1) is 12.4 Å². The van der Waals surface area contributed by atoms with Crippen molar-refractivity contribution in [3.05, 3.63) is 66.7 Å². The number of aromatic nitrogens is 3. The number of halogens is 1. The van der Waals surface area contributed by atoms with Crippen molar-refractivity contribution in [3.8, 4) is 11.5 Å². The van der Waals surface area contributed by atoms with Gasteiger partial charge in [0, 0.05) is 25.5 Å². The first-order chi connectivity index (χ1) is 15.6. The van der Waals surface area contributed by atoms with Crippen LogP contribution in [0.5, 0.6) is 11.5 Å². The number of aryl methyl sites for hydroxylation is 2. The maximum absolute atomic E-state index is 13.1. The molecule has 0 saturated heterocycles. The van der Waals surface area contributed by atoms with Crippen LogP contribution in [-0.2, 0) is 11.3 Å². The molecule has 2 aromatic carbocycles. The van der Waals surface area contributed by atoms with Crippen LogP contribution >= 0.6 is 23.7 Å². The fourth-order valence-electron chi connectivity index (χ4n) is 3.31. The van der Waals surface area contributed by atoms with Gasteiger partial charge in [0.05, 0.1) is 23.2 Å². The third kappa shape index (κ3) is 6.46. The predicted molar refractivity (Wildman–Crippen MR) is 134 cm³/mol. The zero-order valence-electron chi connectivity index (χ0n) is 18.6.